The number of aliphatic hydroxyl groups is 3. The molecule has 38 heavy (non-hydrogen) atoms. The van der Waals surface area contributed by atoms with E-state index in [0.717, 1.165) is 41.8 Å². The molecule has 3 N–H and O–H groups in total. The second kappa shape index (κ2) is 10.5. The summed E-state index contributed by atoms with van der Waals surface area (Å²) in [5.41, 5.74) is 3.31. The van der Waals surface area contributed by atoms with Crippen molar-refractivity contribution in [2.75, 3.05) is 0 Å². The zero-order valence-corrected chi connectivity index (χ0v) is 24.6. The van der Waals surface area contributed by atoms with Crippen molar-refractivity contribution >= 4 is 11.3 Å². The number of aryl methyl sites for hydroxylation is 1. The second-order valence-corrected chi connectivity index (χ2v) is 14.5. The molecule has 0 aromatic carbocycles. The molecule has 0 aliphatic heterocycles. The van der Waals surface area contributed by atoms with Gasteiger partial charge in [-0.2, -0.15) is 0 Å². The molecule has 0 unspecified atom stereocenters. The van der Waals surface area contributed by atoms with Crippen LogP contribution in [0.3, 0.4) is 0 Å². The number of aromatic nitrogens is 1. The normalized spacial score (nSPS) is 36.2. The molecule has 1 heterocycles. The van der Waals surface area contributed by atoms with Crippen molar-refractivity contribution in [3.63, 3.8) is 0 Å². The fourth-order valence-electron chi connectivity index (χ4n) is 8.04. The van der Waals surface area contributed by atoms with Crippen LogP contribution in [-0.4, -0.2) is 38.6 Å². The van der Waals surface area contributed by atoms with Crippen molar-refractivity contribution in [3.05, 3.63) is 63.7 Å². The van der Waals surface area contributed by atoms with Crippen LogP contribution >= 0.6 is 11.3 Å². The van der Waals surface area contributed by atoms with Crippen LogP contribution in [0.4, 0.5) is 0 Å². The number of thiazole rings is 1. The molecule has 1 aromatic rings. The van der Waals surface area contributed by atoms with Gasteiger partial charge in [-0.3, -0.25) is 0 Å². The third-order valence-corrected chi connectivity index (χ3v) is 11.9. The fourth-order valence-corrected chi connectivity index (χ4v) is 9.17. The van der Waals surface area contributed by atoms with Gasteiger partial charge in [-0.15, -0.1) is 11.3 Å². The third-order valence-electron chi connectivity index (χ3n) is 10.5. The lowest BCUT2D eigenvalue weighted by Crippen LogP contribution is -2.39. The van der Waals surface area contributed by atoms with Crippen molar-refractivity contribution in [2.45, 2.75) is 116 Å². The molecular formula is C33H47NO3S. The minimum atomic E-state index is -0.641. The van der Waals surface area contributed by atoms with Gasteiger partial charge in [-0.05, 0) is 91.6 Å². The van der Waals surface area contributed by atoms with Crippen LogP contribution in [0.1, 0.15) is 95.4 Å². The van der Waals surface area contributed by atoms with Gasteiger partial charge in [0.2, 0.25) is 0 Å². The molecule has 0 spiro atoms. The van der Waals surface area contributed by atoms with Gasteiger partial charge in [0.25, 0.3) is 0 Å². The summed E-state index contributed by atoms with van der Waals surface area (Å²) in [4.78, 5) is 5.98. The number of allylic oxidation sites excluding steroid dienone is 4. The van der Waals surface area contributed by atoms with E-state index in [1.807, 2.05) is 6.20 Å². The Morgan fingerprint density at radius 3 is 2.66 bits per heavy atom. The summed E-state index contributed by atoms with van der Waals surface area (Å²) in [6.07, 6.45) is 19.1. The van der Waals surface area contributed by atoms with Crippen LogP contribution in [0.5, 0.6) is 0 Å². The summed E-state index contributed by atoms with van der Waals surface area (Å²) in [5, 5.41) is 32.8. The van der Waals surface area contributed by atoms with Gasteiger partial charge in [0.1, 0.15) is 5.01 Å². The van der Waals surface area contributed by atoms with Crippen molar-refractivity contribution in [2.24, 2.45) is 22.7 Å². The quantitative estimate of drug-likeness (QED) is 0.334. The zero-order valence-electron chi connectivity index (χ0n) is 23.7. The number of rotatable bonds is 7. The van der Waals surface area contributed by atoms with E-state index in [9.17, 15) is 15.3 Å². The lowest BCUT2D eigenvalue weighted by atomic mass is 9.57. The van der Waals surface area contributed by atoms with Crippen LogP contribution in [-0.2, 0) is 11.8 Å². The fraction of sp³-hybridized carbons (Fsp3) is 0.667. The molecular weight excluding hydrogens is 490 g/mol. The topological polar surface area (TPSA) is 73.6 Å². The first-order chi connectivity index (χ1) is 18.0. The zero-order chi connectivity index (χ0) is 27.3. The Morgan fingerprint density at radius 2 is 1.97 bits per heavy atom. The highest BCUT2D eigenvalue weighted by Crippen LogP contribution is 2.62. The van der Waals surface area contributed by atoms with Crippen LogP contribution in [0, 0.1) is 22.7 Å². The maximum Gasteiger partial charge on any atom is 0.102 e. The Balaban J connectivity index is 1.32. The van der Waals surface area contributed by atoms with E-state index in [1.165, 1.54) is 36.1 Å². The monoisotopic (exact) mass is 537 g/mol. The molecule has 1 aromatic heterocycles. The van der Waals surface area contributed by atoms with Gasteiger partial charge < -0.3 is 15.3 Å². The second-order valence-electron chi connectivity index (χ2n) is 13.4. The average Bonchev–Trinajstić information content (AvgIpc) is 3.38. The van der Waals surface area contributed by atoms with Crippen molar-refractivity contribution in [3.8, 4) is 0 Å². The molecule has 0 saturated heterocycles. The van der Waals surface area contributed by atoms with Gasteiger partial charge in [0.15, 0.2) is 0 Å². The van der Waals surface area contributed by atoms with Crippen molar-refractivity contribution in [1.82, 2.24) is 4.98 Å². The van der Waals surface area contributed by atoms with Gasteiger partial charge >= 0.3 is 0 Å². The molecule has 6 atom stereocenters. The molecule has 4 fully saturated rings. The van der Waals surface area contributed by atoms with Gasteiger partial charge in [0, 0.05) is 17.5 Å². The minimum absolute atomic E-state index is 0.00912. The Bertz CT molecular complexity index is 1140. The van der Waals surface area contributed by atoms with E-state index in [1.54, 1.807) is 11.3 Å². The Morgan fingerprint density at radius 1 is 1.21 bits per heavy atom. The standard InChI is InChI=1S/C33H47NO3S/c1-6-25-20-34-30(38-25)33(16-17-33)29(37)13-15-31(3,4)28-12-11-26-22(8-7-14-32(26,28)5)9-10-23-18-24(35)19-27(36)21(23)2/h9-10,13,15,20,24,26-29,35-37H,2,6-8,11-12,14,16-19H2,1,3-5H3/b15-13+,22-9+,23-10-/t24-,26+,27+,28-,29-,32+/m1/s1. The van der Waals surface area contributed by atoms with Gasteiger partial charge in [-0.25, -0.2) is 4.98 Å². The molecule has 5 rings (SSSR count). The number of fused-ring (bicyclic) bond motifs is 1. The predicted molar refractivity (Wildman–Crippen MR) is 156 cm³/mol. The summed E-state index contributed by atoms with van der Waals surface area (Å²) in [6, 6.07) is 0. The average molecular weight is 538 g/mol. The molecule has 4 saturated carbocycles. The first kappa shape index (κ1) is 28.0. The van der Waals surface area contributed by atoms with Crippen LogP contribution < -0.4 is 0 Å². The maximum absolute atomic E-state index is 11.3. The number of nitrogens with zero attached hydrogens (tertiary/aromatic N) is 1. The molecule has 208 valence electrons. The highest BCUT2D eigenvalue weighted by Gasteiger charge is 2.54. The van der Waals surface area contributed by atoms with Gasteiger partial charge in [0.05, 0.1) is 23.7 Å². The molecule has 0 bridgehead atoms. The van der Waals surface area contributed by atoms with Crippen LogP contribution in [0.25, 0.3) is 0 Å². The van der Waals surface area contributed by atoms with Crippen molar-refractivity contribution in [1.29, 1.82) is 0 Å². The Labute approximate surface area is 233 Å². The molecule has 5 heteroatoms. The largest absolute Gasteiger partial charge is 0.393 e. The lowest BCUT2D eigenvalue weighted by molar-refractivity contribution is 0.0706. The summed E-state index contributed by atoms with van der Waals surface area (Å²) in [5.74, 6) is 1.11. The molecule has 0 amide bonds. The van der Waals surface area contributed by atoms with E-state index in [-0.39, 0.29) is 16.2 Å². The minimum Gasteiger partial charge on any atom is -0.393 e. The molecule has 4 aliphatic rings. The Hall–Kier alpha value is -1.53. The smallest absolute Gasteiger partial charge is 0.102 e. The molecule has 0 radical (unpaired) electrons. The van der Waals surface area contributed by atoms with E-state index in [2.05, 4.69) is 63.6 Å². The van der Waals surface area contributed by atoms with Crippen molar-refractivity contribution < 1.29 is 15.3 Å². The SMILES string of the molecule is C=C1/C(=C\C=C2/CCC[C@]3(C)[C@@H](C(C)(C)/C=C/[C@@H](O)C4(c5ncc(CC)s5)CC4)CC[C@@H]23)C[C@@H](O)C[C@@H]1O. The highest BCUT2D eigenvalue weighted by atomic mass is 32.1. The summed E-state index contributed by atoms with van der Waals surface area (Å²) >= 11 is 1.77. The molecule has 4 aliphatic carbocycles. The summed E-state index contributed by atoms with van der Waals surface area (Å²) in [6.45, 7) is 13.5. The van der Waals surface area contributed by atoms with E-state index < -0.39 is 18.3 Å². The predicted octanol–water partition coefficient (Wildman–Crippen LogP) is 6.82. The third kappa shape index (κ3) is 5.05. The summed E-state index contributed by atoms with van der Waals surface area (Å²) < 4.78 is 0. The maximum atomic E-state index is 11.3. The van der Waals surface area contributed by atoms with Crippen LogP contribution in [0.15, 0.2) is 53.8 Å². The van der Waals surface area contributed by atoms with E-state index in [0.29, 0.717) is 24.7 Å². The lowest BCUT2D eigenvalue weighted by Gasteiger charge is -2.47. The highest BCUT2D eigenvalue weighted by molar-refractivity contribution is 7.11. The van der Waals surface area contributed by atoms with Crippen LogP contribution in [0.2, 0.25) is 0 Å². The number of hydrogen-bond donors (Lipinski definition) is 3. The van der Waals surface area contributed by atoms with E-state index in [4.69, 9.17) is 0 Å². The van der Waals surface area contributed by atoms with E-state index >= 15 is 0 Å². The number of hydrogen-bond acceptors (Lipinski definition) is 5. The molecule has 4 nitrogen and oxygen atoms in total. The first-order valence-corrected chi connectivity index (χ1v) is 15.6. The Kier molecular flexibility index (Phi) is 7.71. The summed E-state index contributed by atoms with van der Waals surface area (Å²) in [7, 11) is 0. The van der Waals surface area contributed by atoms with Gasteiger partial charge in [-0.1, -0.05) is 64.2 Å². The first-order valence-electron chi connectivity index (χ1n) is 14.8. The number of aliphatic hydroxyl groups excluding tert-OH is 3.